The number of ether oxygens (including phenoxy) is 1. The van der Waals surface area contributed by atoms with Gasteiger partial charge in [-0.2, -0.15) is 0 Å². The fourth-order valence-electron chi connectivity index (χ4n) is 3.73. The molecule has 0 amide bonds. The number of H-pyrrole nitrogens is 2. The average molecular weight is 383 g/mol. The second-order valence-electron chi connectivity index (χ2n) is 6.68. The molecule has 28 heavy (non-hydrogen) atoms. The van der Waals surface area contributed by atoms with Crippen molar-refractivity contribution >= 4 is 17.6 Å². The first kappa shape index (κ1) is 17.8. The highest BCUT2D eigenvalue weighted by Crippen LogP contribution is 2.42. The quantitative estimate of drug-likeness (QED) is 0.619. The first-order chi connectivity index (χ1) is 13.4. The molecule has 9 nitrogen and oxygen atoms in total. The van der Waals surface area contributed by atoms with Crippen molar-refractivity contribution in [2.45, 2.75) is 25.2 Å². The molecule has 2 aromatic rings. The van der Waals surface area contributed by atoms with E-state index in [2.05, 4.69) is 15.3 Å². The Balaban J connectivity index is 1.82. The van der Waals surface area contributed by atoms with E-state index in [1.807, 2.05) is 0 Å². The molecule has 2 heterocycles. The van der Waals surface area contributed by atoms with Crippen LogP contribution in [0.25, 0.3) is 0 Å². The minimum absolute atomic E-state index is 0.0406. The smallest absolute Gasteiger partial charge is 0.341 e. The molecule has 1 aromatic heterocycles. The van der Waals surface area contributed by atoms with Crippen LogP contribution < -0.4 is 21.3 Å². The average Bonchev–Trinajstić information content (AvgIpc) is 2.65. The van der Waals surface area contributed by atoms with E-state index in [0.717, 1.165) is 0 Å². The highest BCUT2D eigenvalue weighted by molar-refractivity contribution is 6.00. The molecule has 2 aliphatic rings. The molecule has 0 bridgehead atoms. The van der Waals surface area contributed by atoms with Crippen LogP contribution in [0.3, 0.4) is 0 Å². The van der Waals surface area contributed by atoms with Crippen LogP contribution in [-0.2, 0) is 9.59 Å². The summed E-state index contributed by atoms with van der Waals surface area (Å²) in [6.45, 7) is -0.468. The van der Waals surface area contributed by atoms with Crippen molar-refractivity contribution in [1.29, 1.82) is 0 Å². The number of allylic oxidation sites excluding steroid dienone is 2. The molecule has 0 radical (unpaired) electrons. The molecule has 0 unspecified atom stereocenters. The van der Waals surface area contributed by atoms with Gasteiger partial charge in [0.2, 0.25) is 0 Å². The summed E-state index contributed by atoms with van der Waals surface area (Å²) >= 11 is 0. The lowest BCUT2D eigenvalue weighted by Crippen LogP contribution is -2.36. The van der Waals surface area contributed by atoms with Crippen molar-refractivity contribution in [3.05, 3.63) is 67.5 Å². The zero-order chi connectivity index (χ0) is 19.8. The zero-order valence-corrected chi connectivity index (χ0v) is 14.7. The second kappa shape index (κ2) is 6.84. The Kier molecular flexibility index (Phi) is 4.34. The van der Waals surface area contributed by atoms with Gasteiger partial charge in [-0.05, 0) is 30.5 Å². The number of hydrogen-bond donors (Lipinski definition) is 4. The van der Waals surface area contributed by atoms with Crippen LogP contribution in [0.1, 0.15) is 36.3 Å². The number of rotatable bonds is 4. The number of anilines is 1. The number of hydrogen-bond acceptors (Lipinski definition) is 6. The van der Waals surface area contributed by atoms with Gasteiger partial charge in [-0.1, -0.05) is 12.1 Å². The van der Waals surface area contributed by atoms with Gasteiger partial charge in [0.05, 0.1) is 5.56 Å². The minimum Gasteiger partial charge on any atom is -0.482 e. The third-order valence-corrected chi connectivity index (χ3v) is 4.86. The van der Waals surface area contributed by atoms with Crippen molar-refractivity contribution in [2.24, 2.45) is 0 Å². The van der Waals surface area contributed by atoms with E-state index in [1.54, 1.807) is 24.3 Å². The van der Waals surface area contributed by atoms with Crippen LogP contribution >= 0.6 is 0 Å². The molecular formula is C19H17N3O6. The number of carbonyl (C=O) groups is 2. The number of aliphatic carboxylic acids is 1. The van der Waals surface area contributed by atoms with Crippen molar-refractivity contribution in [1.82, 2.24) is 9.97 Å². The summed E-state index contributed by atoms with van der Waals surface area (Å²) in [5.74, 6) is -1.11. The van der Waals surface area contributed by atoms with Gasteiger partial charge >= 0.3 is 11.7 Å². The van der Waals surface area contributed by atoms with E-state index in [1.165, 1.54) is 0 Å². The summed E-state index contributed by atoms with van der Waals surface area (Å²) in [6, 6.07) is 6.56. The molecule has 4 rings (SSSR count). The van der Waals surface area contributed by atoms with Gasteiger partial charge in [-0.25, -0.2) is 9.59 Å². The lowest BCUT2D eigenvalue weighted by atomic mass is 9.76. The molecule has 1 aliphatic heterocycles. The monoisotopic (exact) mass is 383 g/mol. The summed E-state index contributed by atoms with van der Waals surface area (Å²) in [5, 5.41) is 11.8. The number of Topliss-reactive ketones (excluding diaryl/α,β-unsaturated/α-hetero) is 1. The third-order valence-electron chi connectivity index (χ3n) is 4.86. The molecule has 1 aromatic carbocycles. The number of carboxylic acid groups (broad SMARTS) is 1. The predicted octanol–water partition coefficient (Wildman–Crippen LogP) is 1.09. The van der Waals surface area contributed by atoms with Crippen molar-refractivity contribution in [3.8, 4) is 5.75 Å². The van der Waals surface area contributed by atoms with Gasteiger partial charge in [-0.15, -0.1) is 0 Å². The highest BCUT2D eigenvalue weighted by Gasteiger charge is 2.37. The van der Waals surface area contributed by atoms with Gasteiger partial charge in [0.25, 0.3) is 5.56 Å². The van der Waals surface area contributed by atoms with Gasteiger partial charge in [-0.3, -0.25) is 19.6 Å². The van der Waals surface area contributed by atoms with Crippen LogP contribution in [0.5, 0.6) is 5.75 Å². The van der Waals surface area contributed by atoms with E-state index in [-0.39, 0.29) is 11.3 Å². The second-order valence-corrected chi connectivity index (χ2v) is 6.68. The molecule has 0 saturated heterocycles. The van der Waals surface area contributed by atoms with E-state index >= 15 is 0 Å². The van der Waals surface area contributed by atoms with Crippen LogP contribution in [0.2, 0.25) is 0 Å². The molecule has 0 spiro atoms. The number of carboxylic acids is 1. The Labute approximate surface area is 158 Å². The first-order valence-corrected chi connectivity index (χ1v) is 8.78. The fraction of sp³-hybridized carbons (Fsp3) is 0.263. The topological polar surface area (TPSA) is 141 Å². The van der Waals surface area contributed by atoms with Gasteiger partial charge < -0.3 is 15.2 Å². The predicted molar refractivity (Wildman–Crippen MR) is 98.6 cm³/mol. The molecule has 144 valence electrons. The summed E-state index contributed by atoms with van der Waals surface area (Å²) in [7, 11) is 0. The molecule has 0 saturated carbocycles. The number of benzene rings is 1. The Bertz CT molecular complexity index is 1110. The standard InChI is InChI=1S/C19H17N3O6/c23-12-3-1-2-11-15(12)14(16-17(20-11)21-19(27)22-18(16)26)9-4-6-10(7-5-9)28-8-13(24)25/h4-7,14H,1-3,8H2,(H,24,25)(H3,20,21,22,26,27)/t14-/m0/s1. The van der Waals surface area contributed by atoms with E-state index in [0.29, 0.717) is 47.7 Å². The Morgan fingerprint density at radius 2 is 1.86 bits per heavy atom. The van der Waals surface area contributed by atoms with E-state index in [4.69, 9.17) is 9.84 Å². The number of aromatic amines is 2. The highest BCUT2D eigenvalue weighted by atomic mass is 16.5. The third kappa shape index (κ3) is 3.11. The maximum atomic E-state index is 12.7. The molecule has 9 heteroatoms. The first-order valence-electron chi connectivity index (χ1n) is 8.78. The maximum Gasteiger partial charge on any atom is 0.341 e. The summed E-state index contributed by atoms with van der Waals surface area (Å²) in [6.07, 6.45) is 1.74. The van der Waals surface area contributed by atoms with Crippen LogP contribution in [-0.4, -0.2) is 33.4 Å². The molecular weight excluding hydrogens is 366 g/mol. The maximum absolute atomic E-state index is 12.7. The number of ketones is 1. The molecule has 1 aliphatic carbocycles. The number of aromatic nitrogens is 2. The van der Waals surface area contributed by atoms with Crippen LogP contribution in [0.15, 0.2) is 45.1 Å². The van der Waals surface area contributed by atoms with Crippen molar-refractivity contribution in [3.63, 3.8) is 0 Å². The lowest BCUT2D eigenvalue weighted by Gasteiger charge is -2.32. The fourth-order valence-corrected chi connectivity index (χ4v) is 3.73. The Morgan fingerprint density at radius 3 is 2.57 bits per heavy atom. The SMILES string of the molecule is O=C(O)COc1ccc([C@H]2C3=C(CCCC3=O)Nc3[nH]c(=O)[nH]c(=O)c32)cc1. The van der Waals surface area contributed by atoms with Crippen molar-refractivity contribution in [2.75, 3.05) is 11.9 Å². The largest absolute Gasteiger partial charge is 0.482 e. The number of carbonyl (C=O) groups excluding carboxylic acids is 1. The molecule has 4 N–H and O–H groups in total. The summed E-state index contributed by atoms with van der Waals surface area (Å²) in [4.78, 5) is 52.4. The van der Waals surface area contributed by atoms with E-state index < -0.39 is 29.7 Å². The van der Waals surface area contributed by atoms with Gasteiger partial charge in [0.1, 0.15) is 11.6 Å². The van der Waals surface area contributed by atoms with Crippen LogP contribution in [0.4, 0.5) is 5.82 Å². The molecule has 1 atom stereocenters. The summed E-state index contributed by atoms with van der Waals surface area (Å²) in [5.41, 5.74) is 0.987. The lowest BCUT2D eigenvalue weighted by molar-refractivity contribution is -0.139. The number of fused-ring (bicyclic) bond motifs is 1. The van der Waals surface area contributed by atoms with Crippen molar-refractivity contribution < 1.29 is 19.4 Å². The zero-order valence-electron chi connectivity index (χ0n) is 14.7. The minimum atomic E-state index is -1.09. The number of nitrogens with one attached hydrogen (secondary N) is 3. The van der Waals surface area contributed by atoms with Crippen LogP contribution in [0, 0.1) is 0 Å². The Hall–Kier alpha value is -3.62. The van der Waals surface area contributed by atoms with Gasteiger partial charge in [0, 0.05) is 23.6 Å². The van der Waals surface area contributed by atoms with Gasteiger partial charge in [0.15, 0.2) is 12.4 Å². The molecule has 0 fully saturated rings. The van der Waals surface area contributed by atoms with E-state index in [9.17, 15) is 19.2 Å². The summed E-state index contributed by atoms with van der Waals surface area (Å²) < 4.78 is 5.14. The Morgan fingerprint density at radius 1 is 1.11 bits per heavy atom. The normalized spacial score (nSPS) is 18.1.